The lowest BCUT2D eigenvalue weighted by Crippen LogP contribution is -2.42. The van der Waals surface area contributed by atoms with Crippen molar-refractivity contribution in [2.75, 3.05) is 40.4 Å². The molecule has 2 saturated heterocycles. The summed E-state index contributed by atoms with van der Waals surface area (Å²) in [6.45, 7) is 3.54. The minimum absolute atomic E-state index is 0.0445. The quantitative estimate of drug-likeness (QED) is 0.691. The van der Waals surface area contributed by atoms with Gasteiger partial charge in [-0.3, -0.25) is 0 Å². The van der Waals surface area contributed by atoms with Gasteiger partial charge in [-0.2, -0.15) is 4.31 Å². The van der Waals surface area contributed by atoms with Crippen molar-refractivity contribution < 1.29 is 17.9 Å². The van der Waals surface area contributed by atoms with E-state index in [1.165, 1.54) is 27.1 Å². The molecule has 0 aromatic heterocycles. The Labute approximate surface area is 158 Å². The first kappa shape index (κ1) is 18.9. The van der Waals surface area contributed by atoms with Gasteiger partial charge in [0.25, 0.3) is 0 Å². The third-order valence-electron chi connectivity index (χ3n) is 5.02. The maximum absolute atomic E-state index is 13.3. The summed E-state index contributed by atoms with van der Waals surface area (Å²) >= 11 is 3.39. The van der Waals surface area contributed by atoms with E-state index >= 15 is 0 Å². The molecular weight excluding hydrogens is 408 g/mol. The molecule has 0 aliphatic carbocycles. The van der Waals surface area contributed by atoms with E-state index in [1.54, 1.807) is 16.4 Å². The number of hydrogen-bond acceptors (Lipinski definition) is 5. The number of ether oxygens (including phenoxy) is 2. The van der Waals surface area contributed by atoms with E-state index < -0.39 is 10.0 Å². The van der Waals surface area contributed by atoms with E-state index in [1.807, 2.05) is 0 Å². The van der Waals surface area contributed by atoms with E-state index in [2.05, 4.69) is 20.8 Å². The number of methoxy groups -OCH3 is 2. The predicted octanol–water partition coefficient (Wildman–Crippen LogP) is 2.72. The Kier molecular flexibility index (Phi) is 5.92. The molecule has 0 bridgehead atoms. The smallest absolute Gasteiger partial charge is 0.244 e. The molecule has 1 atom stereocenters. The predicted molar refractivity (Wildman–Crippen MR) is 99.8 cm³/mol. The number of rotatable bonds is 6. The zero-order chi connectivity index (χ0) is 18.0. The van der Waals surface area contributed by atoms with E-state index in [0.717, 1.165) is 32.5 Å². The molecule has 140 valence electrons. The fourth-order valence-corrected chi connectivity index (χ4v) is 6.41. The summed E-state index contributed by atoms with van der Waals surface area (Å²) in [6.07, 6.45) is 4.24. The number of sulfonamides is 1. The fraction of sp³-hybridized carbons (Fsp3) is 0.647. The number of hydrogen-bond donors (Lipinski definition) is 0. The van der Waals surface area contributed by atoms with E-state index in [9.17, 15) is 8.42 Å². The largest absolute Gasteiger partial charge is 0.493 e. The zero-order valence-corrected chi connectivity index (χ0v) is 17.1. The molecule has 1 aromatic rings. The van der Waals surface area contributed by atoms with Gasteiger partial charge in [0.1, 0.15) is 4.90 Å². The van der Waals surface area contributed by atoms with Crippen molar-refractivity contribution in [3.63, 3.8) is 0 Å². The summed E-state index contributed by atoms with van der Waals surface area (Å²) in [7, 11) is -0.553. The minimum atomic E-state index is -3.59. The Morgan fingerprint density at radius 2 is 1.72 bits per heavy atom. The Bertz CT molecular complexity index is 720. The third-order valence-corrected chi connectivity index (χ3v) is 7.93. The van der Waals surface area contributed by atoms with Crippen LogP contribution < -0.4 is 9.47 Å². The highest BCUT2D eigenvalue weighted by atomic mass is 79.9. The molecule has 2 aliphatic rings. The zero-order valence-electron chi connectivity index (χ0n) is 14.7. The first-order chi connectivity index (χ1) is 12.0. The molecule has 2 fully saturated rings. The van der Waals surface area contributed by atoms with Gasteiger partial charge in [0.2, 0.25) is 10.0 Å². The Morgan fingerprint density at radius 1 is 1.08 bits per heavy atom. The summed E-state index contributed by atoms with van der Waals surface area (Å²) in [5.74, 6) is 0.919. The van der Waals surface area contributed by atoms with Crippen molar-refractivity contribution in [1.82, 2.24) is 9.21 Å². The summed E-state index contributed by atoms with van der Waals surface area (Å²) in [5.41, 5.74) is 0. The maximum Gasteiger partial charge on any atom is 0.244 e. The van der Waals surface area contributed by atoms with Gasteiger partial charge in [-0.05, 0) is 60.8 Å². The van der Waals surface area contributed by atoms with Gasteiger partial charge < -0.3 is 14.4 Å². The molecule has 6 nitrogen and oxygen atoms in total. The van der Waals surface area contributed by atoms with Crippen LogP contribution in [0.25, 0.3) is 0 Å². The molecule has 0 N–H and O–H groups in total. The average Bonchev–Trinajstić information content (AvgIpc) is 3.26. The molecule has 2 aliphatic heterocycles. The van der Waals surface area contributed by atoms with E-state index in [0.29, 0.717) is 22.5 Å². The number of halogens is 1. The second kappa shape index (κ2) is 7.82. The number of likely N-dealkylation sites (tertiary alicyclic amines) is 1. The second-order valence-corrected chi connectivity index (χ2v) is 9.27. The first-order valence-electron chi connectivity index (χ1n) is 8.63. The Hall–Kier alpha value is -0.830. The Balaban J connectivity index is 1.89. The third kappa shape index (κ3) is 3.82. The lowest BCUT2D eigenvalue weighted by molar-refractivity contribution is 0.257. The molecule has 2 heterocycles. The first-order valence-corrected chi connectivity index (χ1v) is 10.9. The van der Waals surface area contributed by atoms with Crippen LogP contribution in [0, 0.1) is 0 Å². The molecule has 0 spiro atoms. The number of benzene rings is 1. The van der Waals surface area contributed by atoms with Crippen LogP contribution in [0.1, 0.15) is 25.7 Å². The van der Waals surface area contributed by atoms with Crippen LogP contribution in [0.15, 0.2) is 21.5 Å². The average molecular weight is 433 g/mol. The van der Waals surface area contributed by atoms with Gasteiger partial charge in [-0.25, -0.2) is 8.42 Å². The van der Waals surface area contributed by atoms with Gasteiger partial charge in [-0.15, -0.1) is 0 Å². The second-order valence-electron chi connectivity index (χ2n) is 6.56. The minimum Gasteiger partial charge on any atom is -0.493 e. The van der Waals surface area contributed by atoms with E-state index in [4.69, 9.17) is 9.47 Å². The summed E-state index contributed by atoms with van der Waals surface area (Å²) < 4.78 is 39.3. The van der Waals surface area contributed by atoms with Crippen molar-refractivity contribution in [2.24, 2.45) is 0 Å². The van der Waals surface area contributed by atoms with Gasteiger partial charge in [-0.1, -0.05) is 0 Å². The highest BCUT2D eigenvalue weighted by Gasteiger charge is 2.37. The molecule has 25 heavy (non-hydrogen) atoms. The van der Waals surface area contributed by atoms with Crippen molar-refractivity contribution in [1.29, 1.82) is 0 Å². The molecule has 1 aromatic carbocycles. The summed E-state index contributed by atoms with van der Waals surface area (Å²) in [4.78, 5) is 2.61. The van der Waals surface area contributed by atoms with Gasteiger partial charge >= 0.3 is 0 Å². The maximum atomic E-state index is 13.3. The lowest BCUT2D eigenvalue weighted by atomic mass is 10.2. The summed E-state index contributed by atoms with van der Waals surface area (Å²) in [5, 5.41) is 0. The number of nitrogens with zero attached hydrogens (tertiary/aromatic N) is 2. The van der Waals surface area contributed by atoms with Crippen LogP contribution in [0.3, 0.4) is 0 Å². The molecule has 8 heteroatoms. The molecule has 0 saturated carbocycles. The molecule has 1 unspecified atom stereocenters. The van der Waals surface area contributed by atoms with Crippen molar-refractivity contribution in [3.05, 3.63) is 16.6 Å². The van der Waals surface area contributed by atoms with Gasteiger partial charge in [0.15, 0.2) is 11.5 Å². The molecule has 3 rings (SSSR count). The highest BCUT2D eigenvalue weighted by Crippen LogP contribution is 2.38. The van der Waals surface area contributed by atoms with Crippen molar-refractivity contribution >= 4 is 26.0 Å². The normalized spacial score (nSPS) is 22.4. The van der Waals surface area contributed by atoms with Crippen LogP contribution in [0.5, 0.6) is 11.5 Å². The molecule has 0 amide bonds. The fourth-order valence-electron chi connectivity index (χ4n) is 3.73. The van der Waals surface area contributed by atoms with Gasteiger partial charge in [0, 0.05) is 29.7 Å². The SMILES string of the molecule is COc1cc(Br)c(S(=O)(=O)N2CCCC2CN2CCCC2)cc1OC. The van der Waals surface area contributed by atoms with Crippen LogP contribution in [-0.2, 0) is 10.0 Å². The van der Waals surface area contributed by atoms with Crippen molar-refractivity contribution in [2.45, 2.75) is 36.6 Å². The molecule has 0 radical (unpaired) electrons. The van der Waals surface area contributed by atoms with Crippen LogP contribution in [0.2, 0.25) is 0 Å². The van der Waals surface area contributed by atoms with Crippen molar-refractivity contribution in [3.8, 4) is 11.5 Å². The highest BCUT2D eigenvalue weighted by molar-refractivity contribution is 9.10. The van der Waals surface area contributed by atoms with E-state index in [-0.39, 0.29) is 10.9 Å². The molecular formula is C17H25BrN2O4S. The lowest BCUT2D eigenvalue weighted by Gasteiger charge is -2.28. The topological polar surface area (TPSA) is 59.1 Å². The Morgan fingerprint density at radius 3 is 2.36 bits per heavy atom. The van der Waals surface area contributed by atoms with Crippen LogP contribution >= 0.6 is 15.9 Å². The van der Waals surface area contributed by atoms with Crippen LogP contribution in [0.4, 0.5) is 0 Å². The summed E-state index contributed by atoms with van der Waals surface area (Å²) in [6, 6.07) is 3.24. The van der Waals surface area contributed by atoms with Crippen LogP contribution in [-0.4, -0.2) is 64.1 Å². The standard InChI is InChI=1S/C17H25BrN2O4S/c1-23-15-10-14(18)17(11-16(15)24-2)25(21,22)20-9-5-6-13(20)12-19-7-3-4-8-19/h10-11,13H,3-9,12H2,1-2H3. The monoisotopic (exact) mass is 432 g/mol. The van der Waals surface area contributed by atoms with Gasteiger partial charge in [0.05, 0.1) is 14.2 Å².